The van der Waals surface area contributed by atoms with Crippen LogP contribution in [0.3, 0.4) is 0 Å². The van der Waals surface area contributed by atoms with E-state index in [2.05, 4.69) is 10.1 Å². The van der Waals surface area contributed by atoms with Crippen LogP contribution in [0.2, 0.25) is 0 Å². The van der Waals surface area contributed by atoms with Crippen LogP contribution < -0.4 is 5.32 Å². The normalized spacial score (nSPS) is 10.2. The molecule has 0 aliphatic heterocycles. The number of hydrogen-bond acceptors (Lipinski definition) is 3. The second-order valence-corrected chi connectivity index (χ2v) is 1.56. The molecule has 11 heavy (non-hydrogen) atoms. The molecular weight excluding hydrogens is 153 g/mol. The highest BCUT2D eigenvalue weighted by atomic mass is 19.1. The Balaban J connectivity index is 0. The monoisotopic (exact) mass is 165 g/mol. The Morgan fingerprint density at radius 2 is 2.09 bits per heavy atom. The van der Waals surface area contributed by atoms with Crippen molar-refractivity contribution in [2.75, 3.05) is 14.3 Å². The van der Waals surface area contributed by atoms with E-state index in [-0.39, 0.29) is 0 Å². The summed E-state index contributed by atoms with van der Waals surface area (Å²) in [5, 5.41) is 2.25. The first kappa shape index (κ1) is 12.5. The SMILES string of the molecule is CF.COC(=O)NC(C)C=O. The zero-order valence-corrected chi connectivity index (χ0v) is 6.76. The number of alkyl halides is 1. The van der Waals surface area contributed by atoms with Gasteiger partial charge in [0.25, 0.3) is 0 Å². The van der Waals surface area contributed by atoms with Crippen LogP contribution in [0.4, 0.5) is 9.18 Å². The van der Waals surface area contributed by atoms with Gasteiger partial charge in [-0.3, -0.25) is 4.39 Å². The van der Waals surface area contributed by atoms with Crippen molar-refractivity contribution >= 4 is 12.4 Å². The maximum atomic E-state index is 10.3. The number of aldehydes is 1. The smallest absolute Gasteiger partial charge is 0.407 e. The number of carbonyl (C=O) groups excluding carboxylic acids is 2. The lowest BCUT2D eigenvalue weighted by molar-refractivity contribution is -0.109. The predicted molar refractivity (Wildman–Crippen MR) is 38.1 cm³/mol. The summed E-state index contributed by atoms with van der Waals surface area (Å²) < 4.78 is 13.7. The molecule has 0 aromatic heterocycles. The van der Waals surface area contributed by atoms with Crippen LogP contribution in [0.25, 0.3) is 0 Å². The van der Waals surface area contributed by atoms with E-state index in [1.165, 1.54) is 7.11 Å². The van der Waals surface area contributed by atoms with Crippen molar-refractivity contribution in [3.8, 4) is 0 Å². The van der Waals surface area contributed by atoms with Crippen LogP contribution in [0.15, 0.2) is 0 Å². The van der Waals surface area contributed by atoms with Gasteiger partial charge in [0.05, 0.1) is 20.3 Å². The summed E-state index contributed by atoms with van der Waals surface area (Å²) in [6.45, 7) is 1.56. The highest BCUT2D eigenvalue weighted by Crippen LogP contribution is 1.75. The third kappa shape index (κ3) is 8.87. The van der Waals surface area contributed by atoms with E-state index >= 15 is 0 Å². The van der Waals surface area contributed by atoms with Gasteiger partial charge in [0, 0.05) is 0 Å². The molecule has 0 heterocycles. The molecule has 1 N–H and O–H groups in total. The number of rotatable bonds is 2. The third-order valence-corrected chi connectivity index (χ3v) is 0.735. The van der Waals surface area contributed by atoms with Crippen LogP contribution in [0, 0.1) is 0 Å². The quantitative estimate of drug-likeness (QED) is 0.607. The summed E-state index contributed by atoms with van der Waals surface area (Å²) in [5.41, 5.74) is 0. The van der Waals surface area contributed by atoms with Gasteiger partial charge >= 0.3 is 6.09 Å². The largest absolute Gasteiger partial charge is 0.453 e. The maximum absolute atomic E-state index is 10.3. The van der Waals surface area contributed by atoms with Gasteiger partial charge in [-0.15, -0.1) is 0 Å². The maximum Gasteiger partial charge on any atom is 0.407 e. The molecule has 0 aromatic rings. The lowest BCUT2D eigenvalue weighted by Crippen LogP contribution is -2.33. The van der Waals surface area contributed by atoms with Crippen molar-refractivity contribution in [2.45, 2.75) is 13.0 Å². The third-order valence-electron chi connectivity index (χ3n) is 0.735. The van der Waals surface area contributed by atoms with Crippen LogP contribution >= 0.6 is 0 Å². The number of alkyl carbamates (subject to hydrolysis) is 1. The Hall–Kier alpha value is -1.13. The molecule has 0 saturated carbocycles. The zero-order valence-electron chi connectivity index (χ0n) is 6.76. The van der Waals surface area contributed by atoms with Gasteiger partial charge < -0.3 is 14.8 Å². The predicted octanol–water partition coefficient (Wildman–Crippen LogP) is 0.516. The van der Waals surface area contributed by atoms with E-state index in [9.17, 15) is 14.0 Å². The van der Waals surface area contributed by atoms with Crippen molar-refractivity contribution in [2.24, 2.45) is 0 Å². The minimum Gasteiger partial charge on any atom is -0.453 e. The van der Waals surface area contributed by atoms with Crippen molar-refractivity contribution < 1.29 is 18.7 Å². The van der Waals surface area contributed by atoms with Crippen LogP contribution in [-0.4, -0.2) is 32.7 Å². The fraction of sp³-hybridized carbons (Fsp3) is 0.667. The molecule has 0 fully saturated rings. The number of methoxy groups -OCH3 is 1. The Morgan fingerprint density at radius 1 is 1.64 bits per heavy atom. The van der Waals surface area contributed by atoms with Crippen molar-refractivity contribution in [1.29, 1.82) is 0 Å². The molecule has 5 heteroatoms. The summed E-state index contributed by atoms with van der Waals surface area (Å²) in [7, 11) is 1.74. The van der Waals surface area contributed by atoms with Gasteiger partial charge in [0.1, 0.15) is 6.29 Å². The number of ether oxygens (including phenoxy) is 1. The number of carbonyl (C=O) groups is 2. The molecule has 0 saturated heterocycles. The molecule has 0 aliphatic rings. The second kappa shape index (κ2) is 8.87. The van der Waals surface area contributed by atoms with Crippen molar-refractivity contribution in [3.05, 3.63) is 0 Å². The molecule has 0 aliphatic carbocycles. The highest BCUT2D eigenvalue weighted by Gasteiger charge is 2.02. The van der Waals surface area contributed by atoms with Gasteiger partial charge in [-0.05, 0) is 6.92 Å². The standard InChI is InChI=1S/C5H9NO3.CH3F/c1-4(3-7)6-5(8)9-2;1-2/h3-4H,1-2H3,(H,6,8);1H3. The van der Waals surface area contributed by atoms with Gasteiger partial charge in [-0.1, -0.05) is 0 Å². The van der Waals surface area contributed by atoms with E-state index in [1.54, 1.807) is 6.92 Å². The molecular formula is C6H12FNO3. The van der Waals surface area contributed by atoms with Gasteiger partial charge in [0.2, 0.25) is 0 Å². The summed E-state index contributed by atoms with van der Waals surface area (Å²) in [5.74, 6) is 0. The molecule has 0 radical (unpaired) electrons. The van der Waals surface area contributed by atoms with Gasteiger partial charge in [-0.2, -0.15) is 0 Å². The highest BCUT2D eigenvalue weighted by molar-refractivity contribution is 5.72. The molecule has 0 spiro atoms. The Kier molecular flexibility index (Phi) is 10.1. The first-order chi connectivity index (χ1) is 5.20. The first-order valence-electron chi connectivity index (χ1n) is 2.88. The first-order valence-corrected chi connectivity index (χ1v) is 2.88. The molecule has 66 valence electrons. The van der Waals surface area contributed by atoms with E-state index in [4.69, 9.17) is 0 Å². The summed E-state index contributed by atoms with van der Waals surface area (Å²) in [6, 6.07) is -0.475. The average molecular weight is 165 g/mol. The Labute approximate surface area is 64.7 Å². The Bertz CT molecular complexity index is 118. The van der Waals surface area contributed by atoms with Crippen molar-refractivity contribution in [3.63, 3.8) is 0 Å². The number of nitrogens with one attached hydrogen (secondary N) is 1. The lowest BCUT2D eigenvalue weighted by atomic mass is 10.4. The van der Waals surface area contributed by atoms with E-state index in [0.717, 1.165) is 0 Å². The molecule has 1 unspecified atom stereocenters. The molecule has 1 amide bonds. The summed E-state index contributed by atoms with van der Waals surface area (Å²) in [4.78, 5) is 20.2. The van der Waals surface area contributed by atoms with Gasteiger partial charge in [0.15, 0.2) is 0 Å². The number of hydrogen-bond donors (Lipinski definition) is 1. The van der Waals surface area contributed by atoms with Crippen LogP contribution in [0.5, 0.6) is 0 Å². The minimum absolute atomic E-state index is 0.475. The minimum atomic E-state index is -0.588. The molecule has 0 aromatic carbocycles. The molecule has 0 rings (SSSR count). The second-order valence-electron chi connectivity index (χ2n) is 1.56. The van der Waals surface area contributed by atoms with E-state index in [0.29, 0.717) is 13.5 Å². The topological polar surface area (TPSA) is 55.4 Å². The molecule has 4 nitrogen and oxygen atoms in total. The van der Waals surface area contributed by atoms with Crippen LogP contribution in [-0.2, 0) is 9.53 Å². The van der Waals surface area contributed by atoms with E-state index < -0.39 is 12.1 Å². The fourth-order valence-electron chi connectivity index (χ4n) is 0.279. The fourth-order valence-corrected chi connectivity index (χ4v) is 0.279. The van der Waals surface area contributed by atoms with Crippen LogP contribution in [0.1, 0.15) is 6.92 Å². The average Bonchev–Trinajstić information content (AvgIpc) is 2.07. The van der Waals surface area contributed by atoms with E-state index in [1.807, 2.05) is 0 Å². The number of halogens is 1. The van der Waals surface area contributed by atoms with Crippen molar-refractivity contribution in [1.82, 2.24) is 5.32 Å². The lowest BCUT2D eigenvalue weighted by Gasteiger charge is -2.03. The molecule has 0 bridgehead atoms. The summed E-state index contributed by atoms with van der Waals surface area (Å²) >= 11 is 0. The Morgan fingerprint density at radius 3 is 2.36 bits per heavy atom. The van der Waals surface area contributed by atoms with Gasteiger partial charge in [-0.25, -0.2) is 4.79 Å². The summed E-state index contributed by atoms with van der Waals surface area (Å²) in [6.07, 6.45) is 0.0336. The zero-order chi connectivity index (χ0) is 9.28. The number of amides is 1. The molecule has 1 atom stereocenters.